The van der Waals surface area contributed by atoms with Crippen LogP contribution in [-0.2, 0) is 9.53 Å². The fourth-order valence-electron chi connectivity index (χ4n) is 2.88. The molecule has 2 rings (SSSR count). The van der Waals surface area contributed by atoms with Gasteiger partial charge in [0.25, 0.3) is 0 Å². The molecule has 0 N–H and O–H groups in total. The molecule has 0 bridgehead atoms. The number of ether oxygens (including phenoxy) is 7. The van der Waals surface area contributed by atoms with Gasteiger partial charge in [-0.05, 0) is 24.3 Å². The van der Waals surface area contributed by atoms with Crippen molar-refractivity contribution in [2.24, 2.45) is 0 Å². The summed E-state index contributed by atoms with van der Waals surface area (Å²) in [7, 11) is 9.27. The summed E-state index contributed by atoms with van der Waals surface area (Å²) < 4.78 is 37.1. The van der Waals surface area contributed by atoms with E-state index in [1.807, 2.05) is 0 Å². The topological polar surface area (TPSA) is 81.7 Å². The van der Waals surface area contributed by atoms with Crippen LogP contribution in [0.2, 0.25) is 0 Å². The van der Waals surface area contributed by atoms with Gasteiger partial charge in [-0.25, -0.2) is 4.79 Å². The molecule has 0 heterocycles. The highest BCUT2D eigenvalue weighted by molar-refractivity contribution is 5.88. The Labute approximate surface area is 187 Å². The van der Waals surface area contributed by atoms with Crippen LogP contribution in [0.5, 0.6) is 34.5 Å². The molecule has 0 radical (unpaired) electrons. The Morgan fingerprint density at radius 2 is 1.03 bits per heavy atom. The van der Waals surface area contributed by atoms with E-state index >= 15 is 0 Å². The first-order valence-electron chi connectivity index (χ1n) is 9.62. The summed E-state index contributed by atoms with van der Waals surface area (Å²) in [5, 5.41) is 0. The Morgan fingerprint density at radius 1 is 0.625 bits per heavy atom. The van der Waals surface area contributed by atoms with Crippen LogP contribution in [-0.4, -0.2) is 55.2 Å². The zero-order chi connectivity index (χ0) is 23.5. The minimum Gasteiger partial charge on any atom is -0.496 e. The second-order valence-electron chi connectivity index (χ2n) is 6.26. The van der Waals surface area contributed by atoms with Crippen LogP contribution in [0.3, 0.4) is 0 Å². The largest absolute Gasteiger partial charge is 0.496 e. The van der Waals surface area contributed by atoms with E-state index in [2.05, 4.69) is 0 Å². The van der Waals surface area contributed by atoms with Crippen molar-refractivity contribution in [3.05, 3.63) is 47.5 Å². The maximum absolute atomic E-state index is 12.1. The highest BCUT2D eigenvalue weighted by Gasteiger charge is 2.11. The van der Waals surface area contributed by atoms with Gasteiger partial charge in [-0.3, -0.25) is 0 Å². The van der Waals surface area contributed by atoms with Crippen molar-refractivity contribution >= 4 is 18.1 Å². The van der Waals surface area contributed by atoms with Crippen LogP contribution in [0, 0.1) is 0 Å². The number of hydrogen-bond donors (Lipinski definition) is 0. The minimum absolute atomic E-state index is 0.0732. The van der Waals surface area contributed by atoms with Crippen LogP contribution < -0.4 is 28.4 Å². The average Bonchev–Trinajstić information content (AvgIpc) is 2.83. The summed E-state index contributed by atoms with van der Waals surface area (Å²) in [6, 6.07) is 6.90. The second-order valence-corrected chi connectivity index (χ2v) is 6.26. The molecule has 172 valence electrons. The molecule has 0 aliphatic heterocycles. The zero-order valence-electron chi connectivity index (χ0n) is 19.1. The van der Waals surface area contributed by atoms with Crippen molar-refractivity contribution in [2.45, 2.75) is 0 Å². The third-order valence-electron chi connectivity index (χ3n) is 4.49. The quantitative estimate of drug-likeness (QED) is 0.380. The van der Waals surface area contributed by atoms with E-state index in [1.54, 1.807) is 63.8 Å². The molecule has 0 aromatic heterocycles. The monoisotopic (exact) mass is 444 g/mol. The molecule has 8 nitrogen and oxygen atoms in total. The number of carbonyl (C=O) groups excluding carboxylic acids is 1. The summed E-state index contributed by atoms with van der Waals surface area (Å²) in [5.74, 6) is 2.80. The molecule has 0 atom stereocenters. The number of carbonyl (C=O) groups is 1. The lowest BCUT2D eigenvalue weighted by molar-refractivity contribution is -0.136. The van der Waals surface area contributed by atoms with Gasteiger partial charge in [-0.1, -0.05) is 6.08 Å². The van der Waals surface area contributed by atoms with E-state index in [-0.39, 0.29) is 6.61 Å². The van der Waals surface area contributed by atoms with Gasteiger partial charge in [0.2, 0.25) is 0 Å². The molecule has 0 spiro atoms. The lowest BCUT2D eigenvalue weighted by atomic mass is 10.1. The predicted molar refractivity (Wildman–Crippen MR) is 121 cm³/mol. The SMILES string of the molecule is COc1cc(OC)c(OC)cc1/C=C/COC(=O)/C=C/c1cc(OC)c(OC)cc1OC. The van der Waals surface area contributed by atoms with Gasteiger partial charge in [0.05, 0.1) is 42.7 Å². The summed E-state index contributed by atoms with van der Waals surface area (Å²) >= 11 is 0. The fraction of sp³-hybridized carbons (Fsp3) is 0.292. The highest BCUT2D eigenvalue weighted by atomic mass is 16.5. The number of esters is 1. The minimum atomic E-state index is -0.509. The second kappa shape index (κ2) is 12.1. The smallest absolute Gasteiger partial charge is 0.331 e. The van der Waals surface area contributed by atoms with E-state index in [0.29, 0.717) is 40.1 Å². The molecule has 32 heavy (non-hydrogen) atoms. The van der Waals surface area contributed by atoms with E-state index in [9.17, 15) is 4.79 Å². The zero-order valence-corrected chi connectivity index (χ0v) is 19.1. The number of methoxy groups -OCH3 is 6. The molecule has 0 aliphatic rings. The van der Waals surface area contributed by atoms with Gasteiger partial charge in [-0.2, -0.15) is 0 Å². The lowest BCUT2D eigenvalue weighted by Gasteiger charge is -2.12. The van der Waals surface area contributed by atoms with Crippen molar-refractivity contribution in [2.75, 3.05) is 49.3 Å². The normalized spacial score (nSPS) is 10.8. The van der Waals surface area contributed by atoms with Gasteiger partial charge in [0.1, 0.15) is 18.1 Å². The molecular weight excluding hydrogens is 416 g/mol. The number of hydrogen-bond acceptors (Lipinski definition) is 8. The summed E-state index contributed by atoms with van der Waals surface area (Å²) in [5.41, 5.74) is 1.40. The van der Waals surface area contributed by atoms with Crippen molar-refractivity contribution in [3.63, 3.8) is 0 Å². The van der Waals surface area contributed by atoms with E-state index in [4.69, 9.17) is 33.2 Å². The first-order chi connectivity index (χ1) is 15.5. The van der Waals surface area contributed by atoms with Crippen LogP contribution in [0.15, 0.2) is 36.4 Å². The van der Waals surface area contributed by atoms with Crippen molar-refractivity contribution in [1.82, 2.24) is 0 Å². The molecule has 2 aromatic rings. The highest BCUT2D eigenvalue weighted by Crippen LogP contribution is 2.36. The lowest BCUT2D eigenvalue weighted by Crippen LogP contribution is -2.00. The molecule has 0 saturated heterocycles. The number of rotatable bonds is 11. The summed E-state index contributed by atoms with van der Waals surface area (Å²) in [6.07, 6.45) is 6.38. The van der Waals surface area contributed by atoms with Crippen LogP contribution in [0.25, 0.3) is 12.2 Å². The molecular formula is C24H28O8. The Bertz CT molecular complexity index is 978. The Morgan fingerprint density at radius 3 is 1.47 bits per heavy atom. The van der Waals surface area contributed by atoms with Crippen LogP contribution in [0.1, 0.15) is 11.1 Å². The Kier molecular flexibility index (Phi) is 9.28. The standard InChI is InChI=1S/C24H28O8/c1-26-18-14-22(30-5)20(28-3)12-16(18)8-7-11-32-24(25)10-9-17-13-21(29-4)23(31-6)15-19(17)27-2/h7-10,12-15H,11H2,1-6H3/b8-7+,10-9+. The van der Waals surface area contributed by atoms with Gasteiger partial charge < -0.3 is 33.2 Å². The van der Waals surface area contributed by atoms with Crippen molar-refractivity contribution in [3.8, 4) is 34.5 Å². The van der Waals surface area contributed by atoms with Gasteiger partial charge in [0, 0.05) is 29.3 Å². The van der Waals surface area contributed by atoms with Gasteiger partial charge >= 0.3 is 5.97 Å². The van der Waals surface area contributed by atoms with Crippen LogP contribution >= 0.6 is 0 Å². The summed E-state index contributed by atoms with van der Waals surface area (Å²) in [4.78, 5) is 12.1. The maximum Gasteiger partial charge on any atom is 0.331 e. The van der Waals surface area contributed by atoms with Crippen LogP contribution in [0.4, 0.5) is 0 Å². The fourth-order valence-corrected chi connectivity index (χ4v) is 2.88. The Hall–Kier alpha value is -3.81. The number of benzene rings is 2. The van der Waals surface area contributed by atoms with Crippen molar-refractivity contribution < 1.29 is 38.0 Å². The molecule has 8 heteroatoms. The van der Waals surface area contributed by atoms with Gasteiger partial charge in [-0.15, -0.1) is 0 Å². The molecule has 0 saturated carbocycles. The molecule has 0 aliphatic carbocycles. The molecule has 0 fully saturated rings. The van der Waals surface area contributed by atoms with Gasteiger partial charge in [0.15, 0.2) is 23.0 Å². The third kappa shape index (κ3) is 6.10. The molecule has 0 unspecified atom stereocenters. The Balaban J connectivity index is 2.05. The predicted octanol–water partition coefficient (Wildman–Crippen LogP) is 4.01. The summed E-state index contributed by atoms with van der Waals surface area (Å²) in [6.45, 7) is 0.0732. The first-order valence-corrected chi connectivity index (χ1v) is 9.62. The first kappa shape index (κ1) is 24.5. The average molecular weight is 444 g/mol. The maximum atomic E-state index is 12.1. The van der Waals surface area contributed by atoms with E-state index < -0.39 is 5.97 Å². The van der Waals surface area contributed by atoms with E-state index in [0.717, 1.165) is 5.56 Å². The molecule has 2 aromatic carbocycles. The third-order valence-corrected chi connectivity index (χ3v) is 4.49. The van der Waals surface area contributed by atoms with Crippen molar-refractivity contribution in [1.29, 1.82) is 0 Å². The van der Waals surface area contributed by atoms with E-state index in [1.165, 1.54) is 27.4 Å². The molecule has 0 amide bonds.